The van der Waals surface area contributed by atoms with E-state index >= 15 is 0 Å². The number of rotatable bonds is 2. The number of carbonyl (C=O) groups is 1. The third-order valence-corrected chi connectivity index (χ3v) is 3.70. The number of aryl methyl sites for hydroxylation is 2. The van der Waals surface area contributed by atoms with Gasteiger partial charge < -0.3 is 9.88 Å². The first kappa shape index (κ1) is 11.4. The summed E-state index contributed by atoms with van der Waals surface area (Å²) in [6, 6.07) is 0.167. The van der Waals surface area contributed by atoms with Crippen LogP contribution in [0.5, 0.6) is 0 Å². The molecule has 0 fully saturated rings. The summed E-state index contributed by atoms with van der Waals surface area (Å²) >= 11 is 1.43. The third kappa shape index (κ3) is 2.15. The van der Waals surface area contributed by atoms with Crippen molar-refractivity contribution in [3.05, 3.63) is 34.3 Å². The van der Waals surface area contributed by atoms with E-state index in [1.54, 1.807) is 10.9 Å². The fourth-order valence-corrected chi connectivity index (χ4v) is 2.82. The first-order valence-corrected chi connectivity index (χ1v) is 6.88. The fraction of sp³-hybridized carbons (Fsp3) is 0.417. The van der Waals surface area contributed by atoms with Crippen molar-refractivity contribution in [2.45, 2.75) is 32.4 Å². The minimum atomic E-state index is -0.0819. The van der Waals surface area contributed by atoms with Crippen LogP contribution in [0.2, 0.25) is 0 Å². The van der Waals surface area contributed by atoms with Crippen molar-refractivity contribution >= 4 is 17.2 Å². The number of nitrogens with one attached hydrogen (secondary N) is 1. The summed E-state index contributed by atoms with van der Waals surface area (Å²) in [6.07, 6.45) is 3.89. The van der Waals surface area contributed by atoms with E-state index in [0.29, 0.717) is 5.69 Å². The number of nitrogens with zero attached hydrogens (tertiary/aromatic N) is 3. The highest BCUT2D eigenvalue weighted by Gasteiger charge is 2.22. The zero-order valence-electron chi connectivity index (χ0n) is 10.1. The van der Waals surface area contributed by atoms with Crippen LogP contribution >= 0.6 is 11.3 Å². The van der Waals surface area contributed by atoms with Crippen LogP contribution in [0.1, 0.15) is 28.4 Å². The number of fused-ring (bicyclic) bond motifs is 1. The van der Waals surface area contributed by atoms with Crippen molar-refractivity contribution in [1.29, 1.82) is 0 Å². The molecule has 1 aliphatic heterocycles. The molecule has 0 aromatic carbocycles. The molecule has 1 N–H and O–H groups in total. The Morgan fingerprint density at radius 2 is 2.50 bits per heavy atom. The maximum absolute atomic E-state index is 11.9. The Hall–Kier alpha value is -1.69. The molecule has 3 rings (SSSR count). The van der Waals surface area contributed by atoms with Gasteiger partial charge in [0, 0.05) is 30.6 Å². The SMILES string of the molecule is Cc1cn2c(n1)CCC(NC(=O)c1cscn1)C2. The molecule has 0 aliphatic carbocycles. The molecule has 0 bridgehead atoms. The number of imidazole rings is 1. The topological polar surface area (TPSA) is 59.8 Å². The maximum Gasteiger partial charge on any atom is 0.271 e. The summed E-state index contributed by atoms with van der Waals surface area (Å²) in [5.74, 6) is 1.04. The average molecular weight is 262 g/mol. The number of aromatic nitrogens is 3. The minimum absolute atomic E-state index is 0.0819. The van der Waals surface area contributed by atoms with E-state index in [1.807, 2.05) is 13.1 Å². The predicted octanol–water partition coefficient (Wildman–Crippen LogP) is 1.39. The van der Waals surface area contributed by atoms with Gasteiger partial charge in [0.15, 0.2) is 0 Å². The molecule has 1 unspecified atom stereocenters. The number of thiazole rings is 1. The van der Waals surface area contributed by atoms with Crippen LogP contribution in [0, 0.1) is 6.92 Å². The summed E-state index contributed by atoms with van der Waals surface area (Å²) in [5.41, 5.74) is 3.22. The molecule has 0 spiro atoms. The van der Waals surface area contributed by atoms with E-state index in [4.69, 9.17) is 0 Å². The van der Waals surface area contributed by atoms with E-state index in [-0.39, 0.29) is 11.9 Å². The normalized spacial score (nSPS) is 18.4. The number of amides is 1. The molecule has 0 saturated carbocycles. The van der Waals surface area contributed by atoms with Gasteiger partial charge in [-0.05, 0) is 13.3 Å². The lowest BCUT2D eigenvalue weighted by Gasteiger charge is -2.24. The van der Waals surface area contributed by atoms with E-state index in [2.05, 4.69) is 19.9 Å². The predicted molar refractivity (Wildman–Crippen MR) is 68.7 cm³/mol. The lowest BCUT2D eigenvalue weighted by Crippen LogP contribution is -2.41. The van der Waals surface area contributed by atoms with Gasteiger partial charge in [0.25, 0.3) is 5.91 Å². The minimum Gasteiger partial charge on any atom is -0.346 e. The molecule has 6 heteroatoms. The van der Waals surface area contributed by atoms with Gasteiger partial charge >= 0.3 is 0 Å². The summed E-state index contributed by atoms with van der Waals surface area (Å²) in [4.78, 5) is 20.4. The van der Waals surface area contributed by atoms with Crippen molar-refractivity contribution in [2.75, 3.05) is 0 Å². The summed E-state index contributed by atoms with van der Waals surface area (Å²) < 4.78 is 2.13. The molecule has 94 valence electrons. The van der Waals surface area contributed by atoms with Gasteiger partial charge in [-0.2, -0.15) is 0 Å². The molecule has 0 saturated heterocycles. The van der Waals surface area contributed by atoms with Crippen LogP contribution in [0.3, 0.4) is 0 Å². The molecule has 1 aliphatic rings. The Morgan fingerprint density at radius 3 is 3.28 bits per heavy atom. The first-order chi connectivity index (χ1) is 8.72. The van der Waals surface area contributed by atoms with Crippen molar-refractivity contribution in [1.82, 2.24) is 19.9 Å². The smallest absolute Gasteiger partial charge is 0.271 e. The van der Waals surface area contributed by atoms with Crippen LogP contribution < -0.4 is 5.32 Å². The van der Waals surface area contributed by atoms with Gasteiger partial charge in [0.2, 0.25) is 0 Å². The summed E-state index contributed by atoms with van der Waals surface area (Å²) in [6.45, 7) is 2.79. The molecule has 18 heavy (non-hydrogen) atoms. The Balaban J connectivity index is 1.68. The Kier molecular flexibility index (Phi) is 2.87. The molecule has 1 amide bonds. The van der Waals surface area contributed by atoms with E-state index < -0.39 is 0 Å². The lowest BCUT2D eigenvalue weighted by molar-refractivity contribution is 0.0923. The van der Waals surface area contributed by atoms with Gasteiger partial charge in [-0.25, -0.2) is 9.97 Å². The Morgan fingerprint density at radius 1 is 1.61 bits per heavy atom. The van der Waals surface area contributed by atoms with Crippen molar-refractivity contribution in [2.24, 2.45) is 0 Å². The van der Waals surface area contributed by atoms with Crippen LogP contribution in [0.4, 0.5) is 0 Å². The van der Waals surface area contributed by atoms with E-state index in [9.17, 15) is 4.79 Å². The number of hydrogen-bond donors (Lipinski definition) is 1. The zero-order valence-corrected chi connectivity index (χ0v) is 10.9. The second-order valence-corrected chi connectivity index (χ2v) is 5.25. The average Bonchev–Trinajstić information content (AvgIpc) is 2.95. The van der Waals surface area contributed by atoms with Gasteiger partial charge in [-0.1, -0.05) is 0 Å². The van der Waals surface area contributed by atoms with Crippen LogP contribution in [-0.2, 0) is 13.0 Å². The maximum atomic E-state index is 11.9. The Bertz CT molecular complexity index is 561. The quantitative estimate of drug-likeness (QED) is 0.889. The van der Waals surface area contributed by atoms with Crippen LogP contribution in [0.25, 0.3) is 0 Å². The first-order valence-electron chi connectivity index (χ1n) is 5.94. The zero-order chi connectivity index (χ0) is 12.5. The highest BCUT2D eigenvalue weighted by Crippen LogP contribution is 2.15. The number of carbonyl (C=O) groups excluding carboxylic acids is 1. The van der Waals surface area contributed by atoms with Gasteiger partial charge in [0.05, 0.1) is 11.2 Å². The van der Waals surface area contributed by atoms with Crippen LogP contribution in [-0.4, -0.2) is 26.5 Å². The van der Waals surface area contributed by atoms with Gasteiger partial charge in [-0.3, -0.25) is 4.79 Å². The molecular formula is C12H14N4OS. The third-order valence-electron chi connectivity index (χ3n) is 3.11. The second kappa shape index (κ2) is 4.53. The summed E-state index contributed by atoms with van der Waals surface area (Å²) in [7, 11) is 0. The largest absolute Gasteiger partial charge is 0.346 e. The molecule has 2 aromatic heterocycles. The molecule has 0 radical (unpaired) electrons. The van der Waals surface area contributed by atoms with E-state index in [1.165, 1.54) is 11.3 Å². The summed E-state index contributed by atoms with van der Waals surface area (Å²) in [5, 5.41) is 4.80. The fourth-order valence-electron chi connectivity index (χ4n) is 2.29. The molecule has 5 nitrogen and oxygen atoms in total. The molecular weight excluding hydrogens is 248 g/mol. The molecule has 2 aromatic rings. The number of hydrogen-bond acceptors (Lipinski definition) is 4. The molecule has 1 atom stereocenters. The highest BCUT2D eigenvalue weighted by molar-refractivity contribution is 7.07. The second-order valence-electron chi connectivity index (χ2n) is 4.53. The van der Waals surface area contributed by atoms with Crippen molar-refractivity contribution in [3.63, 3.8) is 0 Å². The highest BCUT2D eigenvalue weighted by atomic mass is 32.1. The lowest BCUT2D eigenvalue weighted by atomic mass is 10.1. The Labute approximate surface area is 109 Å². The van der Waals surface area contributed by atoms with Crippen molar-refractivity contribution in [3.8, 4) is 0 Å². The van der Waals surface area contributed by atoms with Gasteiger partial charge in [-0.15, -0.1) is 11.3 Å². The van der Waals surface area contributed by atoms with Crippen molar-refractivity contribution < 1.29 is 4.79 Å². The monoisotopic (exact) mass is 262 g/mol. The molecule has 3 heterocycles. The standard InChI is InChI=1S/C12H14N4OS/c1-8-4-16-5-9(2-3-11(16)14-8)15-12(17)10-6-18-7-13-10/h4,6-7,9H,2-3,5H2,1H3,(H,15,17). The van der Waals surface area contributed by atoms with Gasteiger partial charge in [0.1, 0.15) is 11.5 Å². The van der Waals surface area contributed by atoms with E-state index in [0.717, 1.165) is 30.9 Å². The van der Waals surface area contributed by atoms with Crippen LogP contribution in [0.15, 0.2) is 17.1 Å².